The Kier molecular flexibility index (Phi) is 4.44. The van der Waals surface area contributed by atoms with E-state index >= 15 is 0 Å². The van der Waals surface area contributed by atoms with Crippen LogP contribution in [0.25, 0.3) is 16.3 Å². The third kappa shape index (κ3) is 3.19. The SMILES string of the molecule is C(=C\c1ccccc1)/CSc1ncnc2sc3c(c12)CCCC3. The molecule has 0 saturated carbocycles. The highest BCUT2D eigenvalue weighted by Crippen LogP contribution is 2.39. The predicted octanol–water partition coefficient (Wildman–Crippen LogP) is 5.38. The first kappa shape index (κ1) is 14.9. The molecule has 1 aromatic carbocycles. The Balaban J connectivity index is 1.55. The molecule has 0 atom stereocenters. The van der Waals surface area contributed by atoms with E-state index < -0.39 is 0 Å². The van der Waals surface area contributed by atoms with Crippen LogP contribution in [0.4, 0.5) is 0 Å². The van der Waals surface area contributed by atoms with Crippen molar-refractivity contribution in [2.75, 3.05) is 5.75 Å². The normalized spacial score (nSPS) is 14.4. The lowest BCUT2D eigenvalue weighted by Crippen LogP contribution is -1.99. The summed E-state index contributed by atoms with van der Waals surface area (Å²) in [5.74, 6) is 0.936. The van der Waals surface area contributed by atoms with Gasteiger partial charge in [-0.3, -0.25) is 0 Å². The molecule has 0 bridgehead atoms. The Hall–Kier alpha value is -1.65. The van der Waals surface area contributed by atoms with Crippen LogP contribution in [0, 0.1) is 0 Å². The highest BCUT2D eigenvalue weighted by Gasteiger charge is 2.19. The van der Waals surface area contributed by atoms with Crippen molar-refractivity contribution in [1.82, 2.24) is 9.97 Å². The Labute approximate surface area is 144 Å². The van der Waals surface area contributed by atoms with Gasteiger partial charge in [0.15, 0.2) is 0 Å². The molecule has 23 heavy (non-hydrogen) atoms. The number of aromatic nitrogens is 2. The van der Waals surface area contributed by atoms with E-state index in [1.807, 2.05) is 29.2 Å². The number of aryl methyl sites for hydroxylation is 2. The van der Waals surface area contributed by atoms with Crippen molar-refractivity contribution >= 4 is 39.4 Å². The quantitative estimate of drug-likeness (QED) is 0.472. The fourth-order valence-corrected chi connectivity index (χ4v) is 5.18. The van der Waals surface area contributed by atoms with Gasteiger partial charge in [0, 0.05) is 16.0 Å². The minimum Gasteiger partial charge on any atom is -0.229 e. The van der Waals surface area contributed by atoms with Gasteiger partial charge < -0.3 is 0 Å². The number of thiophene rings is 1. The molecule has 0 spiro atoms. The van der Waals surface area contributed by atoms with Crippen LogP contribution in [0.3, 0.4) is 0 Å². The molecule has 4 heteroatoms. The summed E-state index contributed by atoms with van der Waals surface area (Å²) in [6.45, 7) is 0. The number of rotatable bonds is 4. The summed E-state index contributed by atoms with van der Waals surface area (Å²) in [4.78, 5) is 11.8. The van der Waals surface area contributed by atoms with Crippen LogP contribution < -0.4 is 0 Å². The second kappa shape index (κ2) is 6.85. The van der Waals surface area contributed by atoms with Crippen LogP contribution in [0.5, 0.6) is 0 Å². The second-order valence-electron chi connectivity index (χ2n) is 5.69. The van der Waals surface area contributed by atoms with Crippen molar-refractivity contribution < 1.29 is 0 Å². The van der Waals surface area contributed by atoms with E-state index in [0.717, 1.165) is 10.8 Å². The summed E-state index contributed by atoms with van der Waals surface area (Å²) in [5, 5.41) is 2.47. The highest BCUT2D eigenvalue weighted by atomic mass is 32.2. The van der Waals surface area contributed by atoms with E-state index in [4.69, 9.17) is 0 Å². The topological polar surface area (TPSA) is 25.8 Å². The van der Waals surface area contributed by atoms with Crippen LogP contribution in [-0.2, 0) is 12.8 Å². The molecule has 0 saturated heterocycles. The van der Waals surface area contributed by atoms with Gasteiger partial charge in [0.05, 0.1) is 0 Å². The average molecular weight is 339 g/mol. The van der Waals surface area contributed by atoms with Gasteiger partial charge in [0.1, 0.15) is 16.2 Å². The molecule has 0 radical (unpaired) electrons. The minimum atomic E-state index is 0.936. The highest BCUT2D eigenvalue weighted by molar-refractivity contribution is 7.99. The maximum Gasteiger partial charge on any atom is 0.128 e. The largest absolute Gasteiger partial charge is 0.229 e. The van der Waals surface area contributed by atoms with E-state index in [1.165, 1.54) is 51.9 Å². The number of hydrogen-bond acceptors (Lipinski definition) is 4. The molecule has 2 aromatic heterocycles. The first-order valence-electron chi connectivity index (χ1n) is 8.01. The van der Waals surface area contributed by atoms with Gasteiger partial charge in [-0.2, -0.15) is 0 Å². The minimum absolute atomic E-state index is 0.936. The summed E-state index contributed by atoms with van der Waals surface area (Å²) in [7, 11) is 0. The van der Waals surface area contributed by atoms with Crippen LogP contribution in [0.15, 0.2) is 47.8 Å². The first-order chi connectivity index (χ1) is 11.4. The van der Waals surface area contributed by atoms with E-state index in [2.05, 4.69) is 46.4 Å². The van der Waals surface area contributed by atoms with Gasteiger partial charge in [-0.1, -0.05) is 42.5 Å². The molecule has 1 aliphatic carbocycles. The van der Waals surface area contributed by atoms with Crippen LogP contribution >= 0.6 is 23.1 Å². The van der Waals surface area contributed by atoms with Crippen molar-refractivity contribution in [3.05, 3.63) is 58.7 Å². The van der Waals surface area contributed by atoms with E-state index in [9.17, 15) is 0 Å². The Morgan fingerprint density at radius 2 is 1.96 bits per heavy atom. The molecule has 4 rings (SSSR count). The summed E-state index contributed by atoms with van der Waals surface area (Å²) < 4.78 is 0. The van der Waals surface area contributed by atoms with E-state index in [0.29, 0.717) is 0 Å². The molecule has 0 amide bonds. The maximum atomic E-state index is 4.56. The molecule has 0 N–H and O–H groups in total. The Bertz CT molecular complexity index is 837. The standard InChI is InChI=1S/C19H18N2S2/c1-2-7-14(8-3-1)9-6-12-22-18-17-15-10-4-5-11-16(15)23-19(17)21-13-20-18/h1-3,6-9,13H,4-5,10-12H2/b9-6+. The van der Waals surface area contributed by atoms with Crippen molar-refractivity contribution in [3.8, 4) is 0 Å². The van der Waals surface area contributed by atoms with Crippen molar-refractivity contribution in [2.24, 2.45) is 0 Å². The summed E-state index contributed by atoms with van der Waals surface area (Å²) >= 11 is 3.68. The van der Waals surface area contributed by atoms with Crippen LogP contribution in [0.2, 0.25) is 0 Å². The van der Waals surface area contributed by atoms with E-state index in [-0.39, 0.29) is 0 Å². The Morgan fingerprint density at radius 1 is 1.09 bits per heavy atom. The third-order valence-corrected chi connectivity index (χ3v) is 6.28. The van der Waals surface area contributed by atoms with Gasteiger partial charge >= 0.3 is 0 Å². The van der Waals surface area contributed by atoms with Gasteiger partial charge in [-0.05, 0) is 36.8 Å². The zero-order valence-corrected chi connectivity index (χ0v) is 14.5. The lowest BCUT2D eigenvalue weighted by atomic mass is 9.97. The molecule has 1 aliphatic rings. The molecule has 3 aromatic rings. The molecular weight excluding hydrogens is 320 g/mol. The van der Waals surface area contributed by atoms with Gasteiger partial charge in [0.25, 0.3) is 0 Å². The number of hydrogen-bond donors (Lipinski definition) is 0. The number of thioether (sulfide) groups is 1. The van der Waals surface area contributed by atoms with Gasteiger partial charge in [0.2, 0.25) is 0 Å². The summed E-state index contributed by atoms with van der Waals surface area (Å²) in [5.41, 5.74) is 2.76. The smallest absolute Gasteiger partial charge is 0.128 e. The maximum absolute atomic E-state index is 4.56. The van der Waals surface area contributed by atoms with Gasteiger partial charge in [-0.15, -0.1) is 23.1 Å². The fourth-order valence-electron chi connectivity index (χ4n) is 3.05. The van der Waals surface area contributed by atoms with Crippen LogP contribution in [0.1, 0.15) is 28.8 Å². The molecule has 0 unspecified atom stereocenters. The monoisotopic (exact) mass is 338 g/mol. The van der Waals surface area contributed by atoms with Crippen molar-refractivity contribution in [1.29, 1.82) is 0 Å². The third-order valence-electron chi connectivity index (χ3n) is 4.14. The number of nitrogens with zero attached hydrogens (tertiary/aromatic N) is 2. The van der Waals surface area contributed by atoms with Crippen LogP contribution in [-0.4, -0.2) is 15.7 Å². The zero-order valence-electron chi connectivity index (χ0n) is 12.9. The Morgan fingerprint density at radius 3 is 2.87 bits per heavy atom. The average Bonchev–Trinajstić information content (AvgIpc) is 2.99. The van der Waals surface area contributed by atoms with Gasteiger partial charge in [-0.25, -0.2) is 9.97 Å². The van der Waals surface area contributed by atoms with E-state index in [1.54, 1.807) is 6.33 Å². The van der Waals surface area contributed by atoms with Crippen molar-refractivity contribution in [2.45, 2.75) is 30.7 Å². The fraction of sp³-hybridized carbons (Fsp3) is 0.263. The second-order valence-corrected chi connectivity index (χ2v) is 7.79. The number of benzene rings is 1. The summed E-state index contributed by atoms with van der Waals surface area (Å²) in [6.07, 6.45) is 11.1. The molecule has 2 heterocycles. The predicted molar refractivity (Wildman–Crippen MR) is 100 cm³/mol. The number of fused-ring (bicyclic) bond motifs is 3. The molecule has 0 aliphatic heterocycles. The first-order valence-corrected chi connectivity index (χ1v) is 9.81. The summed E-state index contributed by atoms with van der Waals surface area (Å²) in [6, 6.07) is 10.4. The zero-order chi connectivity index (χ0) is 15.5. The lowest BCUT2D eigenvalue weighted by Gasteiger charge is -2.11. The molecule has 2 nitrogen and oxygen atoms in total. The van der Waals surface area contributed by atoms with Crippen molar-refractivity contribution in [3.63, 3.8) is 0 Å². The molecular formula is C19H18N2S2. The molecule has 0 fully saturated rings. The lowest BCUT2D eigenvalue weighted by molar-refractivity contribution is 0.699. The molecule has 116 valence electrons.